The maximum absolute atomic E-state index is 12.7. The number of alkyl halides is 3. The summed E-state index contributed by atoms with van der Waals surface area (Å²) in [7, 11) is 0. The molecule has 0 spiro atoms. The molecular weight excluding hydrogens is 385 g/mol. The second-order valence-corrected chi connectivity index (χ2v) is 5.58. The molecule has 0 atom stereocenters. The maximum Gasteiger partial charge on any atom is 0.416 e. The van der Waals surface area contributed by atoms with Crippen molar-refractivity contribution in [3.63, 3.8) is 0 Å². The number of amides is 1. The molecule has 0 aliphatic rings. The first-order valence-corrected chi connectivity index (χ1v) is 7.45. The fourth-order valence-corrected chi connectivity index (χ4v) is 2.26. The molecule has 0 saturated heterocycles. The van der Waals surface area contributed by atoms with Crippen LogP contribution in [0.15, 0.2) is 58.6 Å². The third-order valence-electron chi connectivity index (χ3n) is 3.01. The van der Waals surface area contributed by atoms with Gasteiger partial charge in [-0.1, -0.05) is 24.3 Å². The highest BCUT2D eigenvalue weighted by Crippen LogP contribution is 2.30. The van der Waals surface area contributed by atoms with Crippen molar-refractivity contribution >= 4 is 33.6 Å². The zero-order valence-electron chi connectivity index (χ0n) is 12.1. The molecule has 0 bridgehead atoms. The molecule has 0 unspecified atom stereocenters. The van der Waals surface area contributed by atoms with Crippen LogP contribution in [-0.4, -0.2) is 5.91 Å². The van der Waals surface area contributed by atoms with Gasteiger partial charge in [-0.3, -0.25) is 4.79 Å². The topological polar surface area (TPSA) is 52.9 Å². The Labute approximate surface area is 144 Å². The molecule has 0 radical (unpaired) electrons. The van der Waals surface area contributed by atoms with Gasteiger partial charge in [-0.2, -0.15) is 18.4 Å². The van der Waals surface area contributed by atoms with Crippen molar-refractivity contribution in [2.45, 2.75) is 6.18 Å². The zero-order valence-corrected chi connectivity index (χ0v) is 13.6. The number of anilines is 1. The summed E-state index contributed by atoms with van der Waals surface area (Å²) < 4.78 is 38.7. The molecule has 2 aromatic carbocycles. The summed E-state index contributed by atoms with van der Waals surface area (Å²) in [6.07, 6.45) is -3.38. The number of nitrogens with one attached hydrogen (secondary N) is 1. The van der Waals surface area contributed by atoms with Crippen molar-refractivity contribution in [3.8, 4) is 6.07 Å². The second kappa shape index (κ2) is 7.32. The predicted octanol–water partition coefficient (Wildman–Crippen LogP) is 5.01. The summed E-state index contributed by atoms with van der Waals surface area (Å²) in [6.45, 7) is 0. The predicted molar refractivity (Wildman–Crippen MR) is 87.8 cm³/mol. The molecule has 0 fully saturated rings. The Morgan fingerprint density at radius 1 is 1.17 bits per heavy atom. The first-order chi connectivity index (χ1) is 11.3. The highest BCUT2D eigenvalue weighted by Gasteiger charge is 2.30. The van der Waals surface area contributed by atoms with E-state index in [1.54, 1.807) is 30.3 Å². The van der Waals surface area contributed by atoms with Crippen LogP contribution in [0.2, 0.25) is 0 Å². The minimum Gasteiger partial charge on any atom is -0.320 e. The quantitative estimate of drug-likeness (QED) is 0.587. The average Bonchev–Trinajstić information content (AvgIpc) is 2.54. The first kappa shape index (κ1) is 17.8. The van der Waals surface area contributed by atoms with E-state index in [1.807, 2.05) is 0 Å². The van der Waals surface area contributed by atoms with Gasteiger partial charge in [-0.25, -0.2) is 0 Å². The molecule has 122 valence electrons. The molecule has 0 aromatic heterocycles. The number of nitriles is 1. The van der Waals surface area contributed by atoms with Crippen LogP contribution in [0.4, 0.5) is 18.9 Å². The Bertz CT molecular complexity index is 838. The Hall–Kier alpha value is -2.59. The van der Waals surface area contributed by atoms with Crippen LogP contribution in [0, 0.1) is 11.3 Å². The number of carbonyl (C=O) groups excluding carboxylic acids is 1. The van der Waals surface area contributed by atoms with Gasteiger partial charge in [0.15, 0.2) is 0 Å². The van der Waals surface area contributed by atoms with Crippen LogP contribution in [0.5, 0.6) is 0 Å². The van der Waals surface area contributed by atoms with Crippen molar-refractivity contribution in [3.05, 3.63) is 69.7 Å². The molecule has 7 heteroatoms. The summed E-state index contributed by atoms with van der Waals surface area (Å²) in [5.41, 5.74) is -0.582. The number of benzene rings is 2. The van der Waals surface area contributed by atoms with Crippen LogP contribution in [0.25, 0.3) is 6.08 Å². The highest BCUT2D eigenvalue weighted by molar-refractivity contribution is 9.10. The van der Waals surface area contributed by atoms with Crippen molar-refractivity contribution in [2.75, 3.05) is 5.32 Å². The largest absolute Gasteiger partial charge is 0.416 e. The van der Waals surface area contributed by atoms with Crippen molar-refractivity contribution < 1.29 is 18.0 Å². The lowest BCUT2D eigenvalue weighted by Gasteiger charge is -2.08. The van der Waals surface area contributed by atoms with E-state index in [4.69, 9.17) is 5.26 Å². The molecule has 0 heterocycles. The van der Waals surface area contributed by atoms with Crippen LogP contribution >= 0.6 is 15.9 Å². The van der Waals surface area contributed by atoms with Gasteiger partial charge in [-0.05, 0) is 51.8 Å². The van der Waals surface area contributed by atoms with Gasteiger partial charge in [0, 0.05) is 4.47 Å². The van der Waals surface area contributed by atoms with Crippen molar-refractivity contribution in [1.29, 1.82) is 5.26 Å². The second-order valence-electron chi connectivity index (χ2n) is 4.73. The van der Waals surface area contributed by atoms with E-state index in [0.717, 1.165) is 18.2 Å². The molecule has 24 heavy (non-hydrogen) atoms. The van der Waals surface area contributed by atoms with Crippen LogP contribution in [0.1, 0.15) is 11.1 Å². The minimum absolute atomic E-state index is 0.114. The van der Waals surface area contributed by atoms with Crippen LogP contribution < -0.4 is 5.32 Å². The van der Waals surface area contributed by atoms with Gasteiger partial charge >= 0.3 is 6.18 Å². The molecule has 2 rings (SSSR count). The van der Waals surface area contributed by atoms with Crippen LogP contribution in [-0.2, 0) is 11.0 Å². The van der Waals surface area contributed by atoms with E-state index in [-0.39, 0.29) is 11.1 Å². The Kier molecular flexibility index (Phi) is 5.42. The lowest BCUT2D eigenvalue weighted by atomic mass is 10.1. The molecule has 3 nitrogen and oxygen atoms in total. The van der Waals surface area contributed by atoms with Crippen molar-refractivity contribution in [1.82, 2.24) is 0 Å². The lowest BCUT2D eigenvalue weighted by molar-refractivity contribution is -0.137. The van der Waals surface area contributed by atoms with E-state index < -0.39 is 17.6 Å². The summed E-state index contributed by atoms with van der Waals surface area (Å²) >= 11 is 3.25. The molecule has 0 saturated carbocycles. The smallest absolute Gasteiger partial charge is 0.320 e. The number of hydrogen-bond acceptors (Lipinski definition) is 2. The number of para-hydroxylation sites is 1. The average molecular weight is 395 g/mol. The van der Waals surface area contributed by atoms with E-state index in [1.165, 1.54) is 12.1 Å². The molecule has 2 aromatic rings. The fourth-order valence-electron chi connectivity index (χ4n) is 1.87. The number of halogens is 4. The normalized spacial score (nSPS) is 11.7. The molecular formula is C17H10BrF3N2O. The van der Waals surface area contributed by atoms with E-state index in [0.29, 0.717) is 10.2 Å². The zero-order chi connectivity index (χ0) is 17.7. The third kappa shape index (κ3) is 4.46. The monoisotopic (exact) mass is 394 g/mol. The summed E-state index contributed by atoms with van der Waals surface area (Å²) in [6, 6.07) is 12.9. The minimum atomic E-state index is -4.49. The molecule has 1 amide bonds. The van der Waals surface area contributed by atoms with Gasteiger partial charge in [0.25, 0.3) is 5.91 Å². The summed E-state index contributed by atoms with van der Waals surface area (Å²) in [4.78, 5) is 12.1. The van der Waals surface area contributed by atoms with Crippen LogP contribution in [0.3, 0.4) is 0 Å². The van der Waals surface area contributed by atoms with Gasteiger partial charge in [0.05, 0.1) is 11.3 Å². The Balaban J connectivity index is 2.28. The number of rotatable bonds is 3. The number of nitrogens with zero attached hydrogens (tertiary/aromatic N) is 1. The third-order valence-corrected chi connectivity index (χ3v) is 3.70. The molecule has 0 aliphatic carbocycles. The first-order valence-electron chi connectivity index (χ1n) is 6.66. The number of hydrogen-bond donors (Lipinski definition) is 1. The van der Waals surface area contributed by atoms with Gasteiger partial charge < -0.3 is 5.32 Å². The number of carbonyl (C=O) groups is 1. The van der Waals surface area contributed by atoms with E-state index >= 15 is 0 Å². The Morgan fingerprint density at radius 2 is 1.88 bits per heavy atom. The maximum atomic E-state index is 12.7. The molecule has 1 N–H and O–H groups in total. The van der Waals surface area contributed by atoms with E-state index in [2.05, 4.69) is 21.2 Å². The highest BCUT2D eigenvalue weighted by atomic mass is 79.9. The van der Waals surface area contributed by atoms with E-state index in [9.17, 15) is 18.0 Å². The van der Waals surface area contributed by atoms with Gasteiger partial charge in [-0.15, -0.1) is 0 Å². The standard InChI is InChI=1S/C17H10BrF3N2O/c18-14-6-1-2-7-15(14)23-16(24)12(10-22)8-11-4-3-5-13(9-11)17(19,20)21/h1-9H,(H,23,24)/b12-8+. The van der Waals surface area contributed by atoms with Crippen molar-refractivity contribution in [2.24, 2.45) is 0 Å². The van der Waals surface area contributed by atoms with Gasteiger partial charge in [0.2, 0.25) is 0 Å². The SMILES string of the molecule is N#C/C(=C\c1cccc(C(F)(F)F)c1)C(=O)Nc1ccccc1Br. The summed E-state index contributed by atoms with van der Waals surface area (Å²) in [5, 5.41) is 11.6. The van der Waals surface area contributed by atoms with Gasteiger partial charge in [0.1, 0.15) is 11.6 Å². The Morgan fingerprint density at radius 3 is 2.50 bits per heavy atom. The fraction of sp³-hybridized carbons (Fsp3) is 0.0588. The summed E-state index contributed by atoms with van der Waals surface area (Å²) in [5.74, 6) is -0.707. The lowest BCUT2D eigenvalue weighted by Crippen LogP contribution is -2.13. The molecule has 0 aliphatic heterocycles.